The van der Waals surface area contributed by atoms with E-state index in [-0.39, 0.29) is 0 Å². The third kappa shape index (κ3) is 6.17. The van der Waals surface area contributed by atoms with Gasteiger partial charge in [0.1, 0.15) is 5.75 Å². The highest BCUT2D eigenvalue weighted by Crippen LogP contribution is 2.24. The van der Waals surface area contributed by atoms with E-state index in [0.717, 1.165) is 50.6 Å². The van der Waals surface area contributed by atoms with E-state index in [1.54, 1.807) is 0 Å². The van der Waals surface area contributed by atoms with Crippen molar-refractivity contribution >= 4 is 22.3 Å². The molecular formula is C21H30N4OS. The quantitative estimate of drug-likeness (QED) is 0.433. The van der Waals surface area contributed by atoms with Crippen LogP contribution in [-0.4, -0.2) is 45.3 Å². The number of piperidine rings is 1. The maximum absolute atomic E-state index is 5.77. The number of guanidine groups is 1. The highest BCUT2D eigenvalue weighted by atomic mass is 32.1. The summed E-state index contributed by atoms with van der Waals surface area (Å²) in [5.74, 6) is 1.82. The molecule has 0 unspecified atom stereocenters. The van der Waals surface area contributed by atoms with Gasteiger partial charge in [-0.25, -0.2) is 0 Å². The predicted octanol–water partition coefficient (Wildman–Crippen LogP) is 3.66. The molecule has 2 N–H and O–H groups in total. The number of rotatable bonds is 7. The van der Waals surface area contributed by atoms with Crippen molar-refractivity contribution < 1.29 is 4.74 Å². The van der Waals surface area contributed by atoms with Crippen LogP contribution in [0.25, 0.3) is 0 Å². The summed E-state index contributed by atoms with van der Waals surface area (Å²) in [6.45, 7) is 5.82. The Morgan fingerprint density at radius 2 is 2.00 bits per heavy atom. The van der Waals surface area contributed by atoms with Gasteiger partial charge in [0.15, 0.2) is 5.96 Å². The van der Waals surface area contributed by atoms with Crippen LogP contribution in [0.5, 0.6) is 5.75 Å². The maximum Gasteiger partial charge on any atom is 0.191 e. The Kier molecular flexibility index (Phi) is 7.39. The second-order valence-electron chi connectivity index (χ2n) is 6.87. The second kappa shape index (κ2) is 10.2. The molecule has 0 atom stereocenters. The Morgan fingerprint density at radius 1 is 1.22 bits per heavy atom. The van der Waals surface area contributed by atoms with E-state index in [0.29, 0.717) is 12.6 Å². The first-order valence-corrected chi connectivity index (χ1v) is 10.6. The lowest BCUT2D eigenvalue weighted by Gasteiger charge is -2.33. The van der Waals surface area contributed by atoms with Gasteiger partial charge < -0.3 is 20.3 Å². The molecule has 1 fully saturated rings. The summed E-state index contributed by atoms with van der Waals surface area (Å²) in [5, 5.41) is 10.5. The Balaban J connectivity index is 1.31. The molecule has 6 heteroatoms. The van der Waals surface area contributed by atoms with Gasteiger partial charge in [-0.1, -0.05) is 17.7 Å². The molecule has 0 amide bonds. The summed E-state index contributed by atoms with van der Waals surface area (Å²) in [6, 6.07) is 13.0. The summed E-state index contributed by atoms with van der Waals surface area (Å²) >= 11 is 1.82. The molecule has 0 aliphatic carbocycles. The number of ether oxygens (including phenoxy) is 1. The molecule has 1 aliphatic rings. The summed E-state index contributed by atoms with van der Waals surface area (Å²) in [5.41, 5.74) is 1.25. The van der Waals surface area contributed by atoms with Crippen LogP contribution in [0.1, 0.15) is 24.8 Å². The molecule has 2 aromatic rings. The number of nitrogens with one attached hydrogen (secondary N) is 2. The summed E-state index contributed by atoms with van der Waals surface area (Å²) < 4.78 is 5.77. The van der Waals surface area contributed by atoms with Crippen LogP contribution in [-0.2, 0) is 0 Å². The fourth-order valence-corrected chi connectivity index (χ4v) is 3.97. The van der Waals surface area contributed by atoms with E-state index in [4.69, 9.17) is 4.74 Å². The molecule has 5 nitrogen and oxygen atoms in total. The molecule has 0 saturated carbocycles. The molecule has 27 heavy (non-hydrogen) atoms. The van der Waals surface area contributed by atoms with E-state index < -0.39 is 0 Å². The molecule has 1 aliphatic heterocycles. The van der Waals surface area contributed by atoms with Crippen LogP contribution < -0.4 is 20.3 Å². The molecule has 1 saturated heterocycles. The molecule has 0 bridgehead atoms. The zero-order valence-electron chi connectivity index (χ0n) is 16.3. The lowest BCUT2D eigenvalue weighted by molar-refractivity contribution is 0.311. The van der Waals surface area contributed by atoms with Crippen molar-refractivity contribution in [3.63, 3.8) is 0 Å². The molecule has 0 radical (unpaired) electrons. The number of thiophene rings is 1. The van der Waals surface area contributed by atoms with Crippen LogP contribution in [0.3, 0.4) is 0 Å². The van der Waals surface area contributed by atoms with Crippen LogP contribution in [0.4, 0.5) is 5.00 Å². The highest BCUT2D eigenvalue weighted by molar-refractivity contribution is 7.14. The van der Waals surface area contributed by atoms with Crippen LogP contribution in [0.2, 0.25) is 0 Å². The first-order chi connectivity index (χ1) is 13.2. The summed E-state index contributed by atoms with van der Waals surface area (Å²) in [6.07, 6.45) is 3.20. The van der Waals surface area contributed by atoms with Crippen molar-refractivity contribution in [1.29, 1.82) is 0 Å². The van der Waals surface area contributed by atoms with E-state index in [2.05, 4.69) is 57.1 Å². The van der Waals surface area contributed by atoms with Gasteiger partial charge in [-0.3, -0.25) is 4.99 Å². The molecular weight excluding hydrogens is 356 g/mol. The number of benzene rings is 1. The lowest BCUT2D eigenvalue weighted by atomic mass is 10.1. The number of hydrogen-bond acceptors (Lipinski definition) is 4. The van der Waals surface area contributed by atoms with Crippen molar-refractivity contribution in [3.8, 4) is 5.75 Å². The van der Waals surface area contributed by atoms with Crippen molar-refractivity contribution in [3.05, 3.63) is 47.3 Å². The van der Waals surface area contributed by atoms with Crippen molar-refractivity contribution in [1.82, 2.24) is 10.6 Å². The van der Waals surface area contributed by atoms with Gasteiger partial charge in [0, 0.05) is 32.7 Å². The monoisotopic (exact) mass is 386 g/mol. The largest absolute Gasteiger partial charge is 0.494 e. The molecule has 1 aromatic carbocycles. The summed E-state index contributed by atoms with van der Waals surface area (Å²) in [7, 11) is 1.83. The van der Waals surface area contributed by atoms with Crippen LogP contribution >= 0.6 is 11.3 Å². The van der Waals surface area contributed by atoms with Crippen molar-refractivity contribution in [2.45, 2.75) is 32.2 Å². The average Bonchev–Trinajstić information content (AvgIpc) is 3.23. The topological polar surface area (TPSA) is 48.9 Å². The maximum atomic E-state index is 5.77. The zero-order chi connectivity index (χ0) is 18.9. The third-order valence-electron chi connectivity index (χ3n) is 4.78. The Hall–Kier alpha value is -2.21. The van der Waals surface area contributed by atoms with Gasteiger partial charge in [-0.05, 0) is 55.8 Å². The predicted molar refractivity (Wildman–Crippen MR) is 115 cm³/mol. The minimum Gasteiger partial charge on any atom is -0.494 e. The van der Waals surface area contributed by atoms with Crippen LogP contribution in [0.15, 0.2) is 46.8 Å². The molecule has 3 rings (SSSR count). The van der Waals surface area contributed by atoms with Gasteiger partial charge in [-0.15, -0.1) is 11.3 Å². The Bertz CT molecular complexity index is 691. The Labute approximate surface area is 166 Å². The van der Waals surface area contributed by atoms with Gasteiger partial charge in [0.05, 0.1) is 11.6 Å². The minimum atomic E-state index is 0.483. The molecule has 1 aromatic heterocycles. The lowest BCUT2D eigenvalue weighted by Crippen LogP contribution is -2.48. The second-order valence-corrected chi connectivity index (χ2v) is 7.80. The van der Waals surface area contributed by atoms with Gasteiger partial charge in [-0.2, -0.15) is 0 Å². The third-order valence-corrected chi connectivity index (χ3v) is 5.71. The molecule has 2 heterocycles. The van der Waals surface area contributed by atoms with Crippen molar-refractivity contribution in [2.75, 3.05) is 38.2 Å². The zero-order valence-corrected chi connectivity index (χ0v) is 17.1. The minimum absolute atomic E-state index is 0.483. The van der Waals surface area contributed by atoms with E-state index in [1.807, 2.05) is 30.5 Å². The van der Waals surface area contributed by atoms with Crippen LogP contribution in [0, 0.1) is 6.92 Å². The van der Waals surface area contributed by atoms with E-state index in [9.17, 15) is 0 Å². The smallest absolute Gasteiger partial charge is 0.191 e. The number of anilines is 1. The first kappa shape index (κ1) is 19.5. The van der Waals surface area contributed by atoms with Gasteiger partial charge in [0.25, 0.3) is 0 Å². The van der Waals surface area contributed by atoms with Gasteiger partial charge >= 0.3 is 0 Å². The molecule has 0 spiro atoms. The SMILES string of the molecule is CN=C(NCCCOc1ccc(C)cc1)NC1CCN(c2cccs2)CC1. The normalized spacial score (nSPS) is 15.6. The van der Waals surface area contributed by atoms with Gasteiger partial charge in [0.2, 0.25) is 0 Å². The summed E-state index contributed by atoms with van der Waals surface area (Å²) in [4.78, 5) is 6.83. The highest BCUT2D eigenvalue weighted by Gasteiger charge is 2.20. The first-order valence-electron chi connectivity index (χ1n) is 9.69. The fraction of sp³-hybridized carbons (Fsp3) is 0.476. The number of hydrogen-bond donors (Lipinski definition) is 2. The average molecular weight is 387 g/mol. The molecule has 146 valence electrons. The Morgan fingerprint density at radius 3 is 2.67 bits per heavy atom. The number of nitrogens with zero attached hydrogens (tertiary/aromatic N) is 2. The standard InChI is InChI=1S/C21H30N4OS/c1-17-6-8-19(9-7-17)26-15-4-12-23-21(22-2)24-18-10-13-25(14-11-18)20-5-3-16-27-20/h3,5-9,16,18H,4,10-15H2,1-2H3,(H2,22,23,24). The fourth-order valence-electron chi connectivity index (χ4n) is 3.19. The van der Waals surface area contributed by atoms with Crippen molar-refractivity contribution in [2.24, 2.45) is 4.99 Å². The number of aryl methyl sites for hydroxylation is 1. The number of aliphatic imine (C=N–C) groups is 1. The van der Waals surface area contributed by atoms with E-state index in [1.165, 1.54) is 10.6 Å². The van der Waals surface area contributed by atoms with E-state index >= 15 is 0 Å².